The second kappa shape index (κ2) is 3.68. The molecule has 0 saturated carbocycles. The molecule has 0 aromatic carbocycles. The van der Waals surface area contributed by atoms with Gasteiger partial charge in [-0.05, 0) is 6.42 Å². The fourth-order valence-corrected chi connectivity index (χ4v) is 4.38. The Hall–Kier alpha value is 0.457. The van der Waals surface area contributed by atoms with Gasteiger partial charge in [-0.2, -0.15) is 0 Å². The summed E-state index contributed by atoms with van der Waals surface area (Å²) in [6.45, 7) is 0. The molecule has 1 heterocycles. The molecule has 1 aliphatic heterocycles. The molecule has 8 heteroatoms. The number of hydrogen-bond acceptors (Lipinski definition) is 5. The molecule has 1 atom stereocenters. The van der Waals surface area contributed by atoms with E-state index in [9.17, 15) is 21.4 Å². The predicted octanol–water partition coefficient (Wildman–Crippen LogP) is -4.28. The molecule has 1 rings (SSSR count). The van der Waals surface area contributed by atoms with E-state index < -0.39 is 31.0 Å². The van der Waals surface area contributed by atoms with Gasteiger partial charge in [-0.15, -0.1) is 0 Å². The van der Waals surface area contributed by atoms with Crippen LogP contribution in [0.4, 0.5) is 0 Å². The molecule has 5 nitrogen and oxygen atoms in total. The van der Waals surface area contributed by atoms with Crippen molar-refractivity contribution in [3.05, 3.63) is 0 Å². The average Bonchev–Trinajstić information content (AvgIpc) is 2.07. The minimum Gasteiger partial charge on any atom is -0.748 e. The van der Waals surface area contributed by atoms with Crippen LogP contribution in [-0.2, 0) is 20.0 Å². The van der Waals surface area contributed by atoms with Gasteiger partial charge in [0.2, 0.25) is 0 Å². The van der Waals surface area contributed by atoms with Gasteiger partial charge in [0.15, 0.2) is 9.84 Å². The van der Waals surface area contributed by atoms with Gasteiger partial charge in [0.05, 0.1) is 26.9 Å². The SMILES string of the molecule is O=S1(=O)CCC(S(=O)(=O)[O-])C1.[Li+]. The second-order valence-electron chi connectivity index (χ2n) is 2.52. The van der Waals surface area contributed by atoms with Gasteiger partial charge in [0.1, 0.15) is 0 Å². The van der Waals surface area contributed by atoms with Crippen LogP contribution in [-0.4, -0.2) is 38.1 Å². The molecule has 66 valence electrons. The Morgan fingerprint density at radius 2 is 1.83 bits per heavy atom. The molecule has 0 aromatic rings. The van der Waals surface area contributed by atoms with Crippen LogP contribution in [0.25, 0.3) is 0 Å². The summed E-state index contributed by atoms with van der Waals surface area (Å²) in [5.41, 5.74) is 0. The summed E-state index contributed by atoms with van der Waals surface area (Å²) in [5.74, 6) is -0.683. The van der Waals surface area contributed by atoms with Gasteiger partial charge >= 0.3 is 18.9 Å². The zero-order chi connectivity index (χ0) is 8.70. The van der Waals surface area contributed by atoms with Crippen molar-refractivity contribution in [3.8, 4) is 0 Å². The minimum atomic E-state index is -4.40. The van der Waals surface area contributed by atoms with E-state index in [0.29, 0.717) is 0 Å². The topological polar surface area (TPSA) is 91.3 Å². The summed E-state index contributed by atoms with van der Waals surface area (Å²) in [4.78, 5) is 0. The van der Waals surface area contributed by atoms with Crippen LogP contribution in [0.2, 0.25) is 0 Å². The van der Waals surface area contributed by atoms with E-state index >= 15 is 0 Å². The maximum Gasteiger partial charge on any atom is 1.00 e. The van der Waals surface area contributed by atoms with Crippen molar-refractivity contribution >= 4 is 20.0 Å². The molecule has 1 unspecified atom stereocenters. The molecule has 0 N–H and O–H groups in total. The molecule has 1 fully saturated rings. The molecule has 12 heavy (non-hydrogen) atoms. The van der Waals surface area contributed by atoms with Crippen molar-refractivity contribution in [3.63, 3.8) is 0 Å². The summed E-state index contributed by atoms with van der Waals surface area (Å²) in [5, 5.41) is -1.22. The van der Waals surface area contributed by atoms with Gasteiger partial charge < -0.3 is 4.55 Å². The van der Waals surface area contributed by atoms with Crippen LogP contribution in [0.15, 0.2) is 0 Å². The Kier molecular flexibility index (Phi) is 3.82. The van der Waals surface area contributed by atoms with Crippen LogP contribution < -0.4 is 18.9 Å². The summed E-state index contributed by atoms with van der Waals surface area (Å²) in [7, 11) is -7.66. The fourth-order valence-electron chi connectivity index (χ4n) is 0.989. The Morgan fingerprint density at radius 1 is 1.33 bits per heavy atom. The molecule has 0 bridgehead atoms. The largest absolute Gasteiger partial charge is 1.00 e. The van der Waals surface area contributed by atoms with E-state index in [1.165, 1.54) is 0 Å². The first-order valence-electron chi connectivity index (χ1n) is 2.96. The minimum absolute atomic E-state index is 0. The fraction of sp³-hybridized carbons (Fsp3) is 1.00. The van der Waals surface area contributed by atoms with Crippen LogP contribution in [0, 0.1) is 0 Å². The van der Waals surface area contributed by atoms with Crippen LogP contribution in [0.1, 0.15) is 6.42 Å². The van der Waals surface area contributed by atoms with Crippen molar-refractivity contribution < 1.29 is 40.2 Å². The third kappa shape index (κ3) is 3.07. The first-order valence-corrected chi connectivity index (χ1v) is 6.26. The molecule has 1 aliphatic rings. The maximum atomic E-state index is 10.7. The molecule has 0 spiro atoms. The quantitative estimate of drug-likeness (QED) is 0.320. The number of sulfone groups is 1. The second-order valence-corrected chi connectivity index (χ2v) is 6.40. The summed E-state index contributed by atoms with van der Waals surface area (Å²) in [6, 6.07) is 0. The standard InChI is InChI=1S/C4H8O5S2.Li/c5-10(6)2-1-4(3-10)11(7,8)9;/h4H,1-3H2,(H,7,8,9);/q;+1/p-1. The van der Waals surface area contributed by atoms with Gasteiger partial charge in [0.25, 0.3) is 0 Å². The summed E-state index contributed by atoms with van der Waals surface area (Å²) in [6.07, 6.45) is -0.0475. The molecular weight excluding hydrogens is 199 g/mol. The van der Waals surface area contributed by atoms with E-state index in [0.717, 1.165) is 0 Å². The van der Waals surface area contributed by atoms with Crippen molar-refractivity contribution in [1.29, 1.82) is 0 Å². The first-order chi connectivity index (χ1) is 4.81. The zero-order valence-electron chi connectivity index (χ0n) is 6.56. The van der Waals surface area contributed by atoms with Crippen molar-refractivity contribution in [1.82, 2.24) is 0 Å². The molecule has 0 amide bonds. The zero-order valence-corrected chi connectivity index (χ0v) is 8.19. The van der Waals surface area contributed by atoms with Crippen LogP contribution >= 0.6 is 0 Å². The molecule has 1 saturated heterocycles. The van der Waals surface area contributed by atoms with Crippen molar-refractivity contribution in [2.45, 2.75) is 11.7 Å². The Labute approximate surface area is 83.4 Å². The monoisotopic (exact) mass is 206 g/mol. The Balaban J connectivity index is 0.00000121. The number of hydrogen-bond donors (Lipinski definition) is 0. The van der Waals surface area contributed by atoms with Gasteiger partial charge in [-0.25, -0.2) is 16.8 Å². The van der Waals surface area contributed by atoms with Crippen molar-refractivity contribution in [2.75, 3.05) is 11.5 Å². The van der Waals surface area contributed by atoms with Gasteiger partial charge in [-0.3, -0.25) is 0 Å². The third-order valence-electron chi connectivity index (χ3n) is 1.60. The first kappa shape index (κ1) is 12.5. The Morgan fingerprint density at radius 3 is 2.00 bits per heavy atom. The Bertz CT molecular complexity index is 342. The van der Waals surface area contributed by atoms with Gasteiger partial charge in [0, 0.05) is 0 Å². The molecule has 0 radical (unpaired) electrons. The van der Waals surface area contributed by atoms with Crippen molar-refractivity contribution in [2.24, 2.45) is 0 Å². The smallest absolute Gasteiger partial charge is 0.748 e. The van der Waals surface area contributed by atoms with E-state index in [2.05, 4.69) is 0 Å². The molecule has 0 aliphatic carbocycles. The van der Waals surface area contributed by atoms with E-state index in [1.807, 2.05) is 0 Å². The van der Waals surface area contributed by atoms with E-state index in [4.69, 9.17) is 0 Å². The van der Waals surface area contributed by atoms with Gasteiger partial charge in [-0.1, -0.05) is 0 Å². The maximum absolute atomic E-state index is 10.7. The van der Waals surface area contributed by atoms with E-state index in [1.54, 1.807) is 0 Å². The summed E-state index contributed by atoms with van der Waals surface area (Å²) < 4.78 is 52.3. The molecular formula is C4H7LiO5S2. The average molecular weight is 206 g/mol. The van der Waals surface area contributed by atoms with Crippen LogP contribution in [0.5, 0.6) is 0 Å². The normalized spacial score (nSPS) is 27.9. The number of rotatable bonds is 1. The predicted molar refractivity (Wildman–Crippen MR) is 36.8 cm³/mol. The van der Waals surface area contributed by atoms with Crippen LogP contribution in [0.3, 0.4) is 0 Å². The third-order valence-corrected chi connectivity index (χ3v) is 4.80. The summed E-state index contributed by atoms with van der Waals surface area (Å²) >= 11 is 0. The molecule has 0 aromatic heterocycles. The van der Waals surface area contributed by atoms with E-state index in [-0.39, 0.29) is 31.0 Å².